The van der Waals surface area contributed by atoms with Crippen LogP contribution in [0.5, 0.6) is 0 Å². The molecule has 2 rings (SSSR count). The van der Waals surface area contributed by atoms with E-state index in [0.29, 0.717) is 23.2 Å². The molecule has 4 N–H and O–H groups in total. The number of nitrogens with one attached hydrogen (secondary N) is 2. The lowest BCUT2D eigenvalue weighted by atomic mass is 10.1. The molecular weight excluding hydrogens is 266 g/mol. The Morgan fingerprint density at radius 3 is 2.52 bits per heavy atom. The van der Waals surface area contributed by atoms with Crippen LogP contribution in [-0.2, 0) is 0 Å². The zero-order chi connectivity index (χ0) is 15.2. The predicted molar refractivity (Wildman–Crippen MR) is 87.1 cm³/mol. The Morgan fingerprint density at radius 2 is 1.86 bits per heavy atom. The van der Waals surface area contributed by atoms with Crippen molar-refractivity contribution in [3.8, 4) is 0 Å². The second kappa shape index (κ2) is 7.42. The van der Waals surface area contributed by atoms with E-state index in [0.717, 1.165) is 39.1 Å². The quantitative estimate of drug-likeness (QED) is 0.724. The number of nitrogens with zero attached hydrogens (tertiary/aromatic N) is 4. The maximum atomic E-state index is 6.16. The van der Waals surface area contributed by atoms with Crippen molar-refractivity contribution < 1.29 is 0 Å². The zero-order valence-electron chi connectivity index (χ0n) is 13.3. The summed E-state index contributed by atoms with van der Waals surface area (Å²) < 4.78 is 0. The molecule has 1 saturated heterocycles. The standard InChI is InChI=1S/C14H27N7/c1-11(2)4-5-16-13-12(15)14(18-10-17-13)19-21-8-6-20(3)7-9-21/h10-11H,4-9,15H2,1-3H3,(H2,16,17,18,19). The molecule has 1 aromatic rings. The van der Waals surface area contributed by atoms with Crippen molar-refractivity contribution in [1.29, 1.82) is 0 Å². The number of anilines is 3. The lowest BCUT2D eigenvalue weighted by Gasteiger charge is -2.33. The monoisotopic (exact) mass is 293 g/mol. The molecule has 0 unspecified atom stereocenters. The zero-order valence-corrected chi connectivity index (χ0v) is 13.3. The fourth-order valence-corrected chi connectivity index (χ4v) is 2.17. The molecule has 1 aliphatic heterocycles. The number of likely N-dealkylation sites (N-methyl/N-ethyl adjacent to an activating group) is 1. The molecule has 1 aromatic heterocycles. The number of aromatic nitrogens is 2. The van der Waals surface area contributed by atoms with Crippen molar-refractivity contribution in [2.45, 2.75) is 20.3 Å². The number of nitrogens with two attached hydrogens (primary N) is 1. The molecule has 7 nitrogen and oxygen atoms in total. The minimum atomic E-state index is 0.584. The van der Waals surface area contributed by atoms with Crippen LogP contribution in [0, 0.1) is 5.92 Å². The van der Waals surface area contributed by atoms with Gasteiger partial charge in [0.25, 0.3) is 0 Å². The van der Waals surface area contributed by atoms with E-state index in [1.165, 1.54) is 0 Å². The smallest absolute Gasteiger partial charge is 0.169 e. The van der Waals surface area contributed by atoms with E-state index in [4.69, 9.17) is 5.73 Å². The molecule has 0 spiro atoms. The Hall–Kier alpha value is -1.60. The van der Waals surface area contributed by atoms with Gasteiger partial charge >= 0.3 is 0 Å². The second-order valence-corrected chi connectivity index (χ2v) is 6.00. The number of piperazine rings is 1. The summed E-state index contributed by atoms with van der Waals surface area (Å²) in [6.45, 7) is 9.25. The van der Waals surface area contributed by atoms with Crippen LogP contribution < -0.4 is 16.5 Å². The van der Waals surface area contributed by atoms with E-state index >= 15 is 0 Å². The highest BCUT2D eigenvalue weighted by Gasteiger charge is 2.16. The van der Waals surface area contributed by atoms with Gasteiger partial charge < -0.3 is 21.4 Å². The van der Waals surface area contributed by atoms with Crippen LogP contribution in [0.1, 0.15) is 20.3 Å². The first-order valence-electron chi connectivity index (χ1n) is 7.60. The van der Waals surface area contributed by atoms with Gasteiger partial charge in [0, 0.05) is 32.7 Å². The summed E-state index contributed by atoms with van der Waals surface area (Å²) in [5.74, 6) is 2.05. The van der Waals surface area contributed by atoms with Gasteiger partial charge in [0.05, 0.1) is 0 Å². The van der Waals surface area contributed by atoms with Gasteiger partial charge in [0.1, 0.15) is 12.0 Å². The normalized spacial score (nSPS) is 17.1. The third-order valence-corrected chi connectivity index (χ3v) is 3.67. The molecule has 0 aromatic carbocycles. The molecule has 21 heavy (non-hydrogen) atoms. The van der Waals surface area contributed by atoms with Crippen molar-refractivity contribution in [2.24, 2.45) is 5.92 Å². The summed E-state index contributed by atoms with van der Waals surface area (Å²) in [6.07, 6.45) is 2.64. The third kappa shape index (κ3) is 4.71. The molecule has 0 amide bonds. The van der Waals surface area contributed by atoms with Gasteiger partial charge in [-0.05, 0) is 19.4 Å². The second-order valence-electron chi connectivity index (χ2n) is 6.00. The van der Waals surface area contributed by atoms with Crippen molar-refractivity contribution in [2.75, 3.05) is 56.2 Å². The first-order valence-corrected chi connectivity index (χ1v) is 7.60. The molecule has 0 radical (unpaired) electrons. The highest BCUT2D eigenvalue weighted by molar-refractivity contribution is 5.73. The van der Waals surface area contributed by atoms with Gasteiger partial charge in [-0.15, -0.1) is 0 Å². The molecule has 2 heterocycles. The Labute approximate surface area is 126 Å². The van der Waals surface area contributed by atoms with Crippen molar-refractivity contribution in [1.82, 2.24) is 19.9 Å². The number of hydrazine groups is 1. The molecule has 1 aliphatic rings. The first kappa shape index (κ1) is 15.8. The lowest BCUT2D eigenvalue weighted by Crippen LogP contribution is -2.47. The van der Waals surface area contributed by atoms with Gasteiger partial charge in [0.2, 0.25) is 0 Å². The molecule has 0 atom stereocenters. The summed E-state index contributed by atoms with van der Waals surface area (Å²) >= 11 is 0. The van der Waals surface area contributed by atoms with E-state index in [1.807, 2.05) is 0 Å². The Bertz CT molecular complexity index is 441. The molecule has 0 bridgehead atoms. The van der Waals surface area contributed by atoms with Gasteiger partial charge in [-0.25, -0.2) is 15.0 Å². The van der Waals surface area contributed by atoms with E-state index in [9.17, 15) is 0 Å². The third-order valence-electron chi connectivity index (χ3n) is 3.67. The summed E-state index contributed by atoms with van der Waals surface area (Å²) in [6, 6.07) is 0. The van der Waals surface area contributed by atoms with Gasteiger partial charge in [-0.1, -0.05) is 13.8 Å². The highest BCUT2D eigenvalue weighted by atomic mass is 15.5. The number of hydrogen-bond acceptors (Lipinski definition) is 7. The van der Waals surface area contributed by atoms with Crippen LogP contribution in [0.25, 0.3) is 0 Å². The van der Waals surface area contributed by atoms with Crippen molar-refractivity contribution >= 4 is 17.3 Å². The van der Waals surface area contributed by atoms with Crippen molar-refractivity contribution in [3.63, 3.8) is 0 Å². The summed E-state index contributed by atoms with van der Waals surface area (Å²) in [5.41, 5.74) is 10.0. The van der Waals surface area contributed by atoms with Crippen LogP contribution in [0.2, 0.25) is 0 Å². The van der Waals surface area contributed by atoms with Crippen LogP contribution in [0.15, 0.2) is 6.33 Å². The fraction of sp³-hybridized carbons (Fsp3) is 0.714. The molecule has 0 saturated carbocycles. The molecular formula is C14H27N7. The number of hydrogen-bond donors (Lipinski definition) is 3. The van der Waals surface area contributed by atoms with Crippen LogP contribution in [-0.4, -0.2) is 59.6 Å². The average molecular weight is 293 g/mol. The Kier molecular flexibility index (Phi) is 5.58. The molecule has 0 aliphatic carbocycles. The summed E-state index contributed by atoms with van der Waals surface area (Å²) in [7, 11) is 2.13. The van der Waals surface area contributed by atoms with Crippen molar-refractivity contribution in [3.05, 3.63) is 6.33 Å². The summed E-state index contributed by atoms with van der Waals surface area (Å²) in [5, 5.41) is 5.44. The minimum Gasteiger partial charge on any atom is -0.393 e. The number of nitrogen functional groups attached to an aromatic ring is 1. The average Bonchev–Trinajstić information content (AvgIpc) is 2.45. The van der Waals surface area contributed by atoms with E-state index in [-0.39, 0.29) is 0 Å². The maximum absolute atomic E-state index is 6.16. The Balaban J connectivity index is 1.93. The summed E-state index contributed by atoms with van der Waals surface area (Å²) in [4.78, 5) is 10.8. The van der Waals surface area contributed by atoms with Crippen LogP contribution in [0.4, 0.5) is 17.3 Å². The van der Waals surface area contributed by atoms with Gasteiger partial charge in [0.15, 0.2) is 11.6 Å². The molecule has 1 fully saturated rings. The minimum absolute atomic E-state index is 0.584. The first-order chi connectivity index (χ1) is 10.1. The lowest BCUT2D eigenvalue weighted by molar-refractivity contribution is 0.178. The van der Waals surface area contributed by atoms with Crippen LogP contribution >= 0.6 is 0 Å². The van der Waals surface area contributed by atoms with E-state index < -0.39 is 0 Å². The maximum Gasteiger partial charge on any atom is 0.169 e. The van der Waals surface area contributed by atoms with Gasteiger partial charge in [-0.2, -0.15) is 0 Å². The highest BCUT2D eigenvalue weighted by Crippen LogP contribution is 2.23. The Morgan fingerprint density at radius 1 is 1.19 bits per heavy atom. The predicted octanol–water partition coefficient (Wildman–Crippen LogP) is 1.09. The van der Waals surface area contributed by atoms with Crippen LogP contribution in [0.3, 0.4) is 0 Å². The molecule has 7 heteroatoms. The van der Waals surface area contributed by atoms with Gasteiger partial charge in [-0.3, -0.25) is 0 Å². The largest absolute Gasteiger partial charge is 0.393 e. The topological polar surface area (TPSA) is 82.3 Å². The fourth-order valence-electron chi connectivity index (χ4n) is 2.17. The number of rotatable bonds is 6. The SMILES string of the molecule is CC(C)CCNc1ncnc(NN2CCN(C)CC2)c1N. The van der Waals surface area contributed by atoms with E-state index in [2.05, 4.69) is 51.5 Å². The molecule has 118 valence electrons. The van der Waals surface area contributed by atoms with E-state index in [1.54, 1.807) is 6.33 Å².